The summed E-state index contributed by atoms with van der Waals surface area (Å²) in [4.78, 5) is 2.38. The van der Waals surface area contributed by atoms with Gasteiger partial charge >= 0.3 is 0 Å². The molecule has 2 aliphatic rings. The van der Waals surface area contributed by atoms with E-state index in [9.17, 15) is 0 Å². The molecular weight excluding hydrogens is 308 g/mol. The summed E-state index contributed by atoms with van der Waals surface area (Å²) in [6.45, 7) is 3.29. The Labute approximate surface area is 96.9 Å². The van der Waals surface area contributed by atoms with Crippen LogP contribution in [0.3, 0.4) is 0 Å². The topological polar surface area (TPSA) is 3.24 Å². The van der Waals surface area contributed by atoms with Gasteiger partial charge in [0.15, 0.2) is 0 Å². The molecule has 0 aromatic heterocycles. The van der Waals surface area contributed by atoms with Crippen molar-refractivity contribution in [3.8, 4) is 0 Å². The number of hydrogen-bond donors (Lipinski definition) is 0. The molecule has 12 heavy (non-hydrogen) atoms. The molecule has 0 spiro atoms. The van der Waals surface area contributed by atoms with E-state index in [1.165, 1.54) is 0 Å². The zero-order chi connectivity index (χ0) is 9.09. The molecule has 1 nitrogen and oxygen atoms in total. The van der Waals surface area contributed by atoms with Gasteiger partial charge in [-0.2, -0.15) is 0 Å². The highest BCUT2D eigenvalue weighted by Crippen LogP contribution is 2.65. The summed E-state index contributed by atoms with van der Waals surface area (Å²) >= 11 is 14.8. The van der Waals surface area contributed by atoms with Crippen molar-refractivity contribution in [3.63, 3.8) is 0 Å². The van der Waals surface area contributed by atoms with E-state index < -0.39 is 4.33 Å². The zero-order valence-electron chi connectivity index (χ0n) is 7.10. The maximum Gasteiger partial charge on any atom is 0.127 e. The van der Waals surface area contributed by atoms with Gasteiger partial charge < -0.3 is 4.90 Å². The summed E-state index contributed by atoms with van der Waals surface area (Å²) in [5.74, 6) is 1.03. The van der Waals surface area contributed by atoms with Crippen LogP contribution in [0.25, 0.3) is 0 Å². The van der Waals surface area contributed by atoms with Gasteiger partial charge in [-0.15, -0.1) is 23.2 Å². The highest BCUT2D eigenvalue weighted by atomic mass is 127. The van der Waals surface area contributed by atoms with Gasteiger partial charge in [0.2, 0.25) is 0 Å². The molecule has 4 heteroatoms. The van der Waals surface area contributed by atoms with Crippen molar-refractivity contribution in [2.24, 2.45) is 11.8 Å². The van der Waals surface area contributed by atoms with Crippen molar-refractivity contribution in [3.05, 3.63) is 0 Å². The van der Waals surface area contributed by atoms with Crippen molar-refractivity contribution in [1.82, 2.24) is 4.90 Å². The van der Waals surface area contributed by atoms with Gasteiger partial charge in [-0.05, 0) is 7.05 Å². The third-order valence-corrected chi connectivity index (χ3v) is 4.90. The van der Waals surface area contributed by atoms with E-state index in [2.05, 4.69) is 41.5 Å². The summed E-state index contributed by atoms with van der Waals surface area (Å²) in [5, 5.41) is 0. The second kappa shape index (κ2) is 2.88. The molecule has 1 aliphatic heterocycles. The number of piperidine rings is 1. The van der Waals surface area contributed by atoms with Crippen molar-refractivity contribution in [2.45, 2.75) is 21.2 Å². The van der Waals surface area contributed by atoms with E-state index in [1.54, 1.807) is 0 Å². The lowest BCUT2D eigenvalue weighted by Gasteiger charge is -2.27. The fourth-order valence-corrected chi connectivity index (χ4v) is 4.30. The summed E-state index contributed by atoms with van der Waals surface area (Å²) in [6, 6.07) is 0.575. The van der Waals surface area contributed by atoms with Gasteiger partial charge in [0.05, 0.1) is 0 Å². The standard InChI is InChI=1S/C8H12Cl2IN/c1-4(11)7-6-5(3-12(7)2)8(6,9)10/h4-7H,3H2,1-2H3/t4?,5?,6?,7-/m1/s1. The molecule has 0 amide bonds. The number of hydrogen-bond acceptors (Lipinski definition) is 1. The van der Waals surface area contributed by atoms with Gasteiger partial charge in [0.25, 0.3) is 0 Å². The fraction of sp³-hybridized carbons (Fsp3) is 1.00. The van der Waals surface area contributed by atoms with Gasteiger partial charge in [0.1, 0.15) is 4.33 Å². The summed E-state index contributed by atoms with van der Waals surface area (Å²) < 4.78 is 0.221. The number of fused-ring (bicyclic) bond motifs is 1. The monoisotopic (exact) mass is 319 g/mol. The van der Waals surface area contributed by atoms with Crippen LogP contribution in [0.4, 0.5) is 0 Å². The molecular formula is C8H12Cl2IN. The van der Waals surface area contributed by atoms with E-state index in [1.807, 2.05) is 0 Å². The molecule has 4 atom stereocenters. The number of likely N-dealkylation sites (tertiary alicyclic amines) is 1. The first-order chi connectivity index (χ1) is 5.46. The molecule has 1 heterocycles. The summed E-state index contributed by atoms with van der Waals surface area (Å²) in [6.07, 6.45) is 0. The van der Waals surface area contributed by atoms with Crippen LogP contribution in [0, 0.1) is 11.8 Å². The minimum Gasteiger partial charge on any atom is -0.302 e. The van der Waals surface area contributed by atoms with Crippen LogP contribution in [0.5, 0.6) is 0 Å². The van der Waals surface area contributed by atoms with Crippen LogP contribution in [0.1, 0.15) is 6.92 Å². The Kier molecular flexibility index (Phi) is 2.35. The number of halogens is 3. The third kappa shape index (κ3) is 1.22. The molecule has 0 radical (unpaired) electrons. The highest BCUT2D eigenvalue weighted by Gasteiger charge is 2.71. The molecule has 1 aliphatic carbocycles. The zero-order valence-corrected chi connectivity index (χ0v) is 10.8. The molecule has 0 N–H and O–H groups in total. The molecule has 2 fully saturated rings. The molecule has 70 valence electrons. The Hall–Kier alpha value is 1.27. The van der Waals surface area contributed by atoms with E-state index in [0.717, 1.165) is 6.54 Å². The predicted molar refractivity (Wildman–Crippen MR) is 61.3 cm³/mol. The van der Waals surface area contributed by atoms with Gasteiger partial charge in [-0.1, -0.05) is 29.5 Å². The summed E-state index contributed by atoms with van der Waals surface area (Å²) in [5.41, 5.74) is 0. The van der Waals surface area contributed by atoms with E-state index >= 15 is 0 Å². The average Bonchev–Trinajstić information content (AvgIpc) is 2.40. The van der Waals surface area contributed by atoms with Crippen LogP contribution in [-0.4, -0.2) is 32.8 Å². The first-order valence-electron chi connectivity index (χ1n) is 4.18. The Balaban J connectivity index is 2.13. The van der Waals surface area contributed by atoms with Gasteiger partial charge in [-0.3, -0.25) is 0 Å². The normalized spacial score (nSPS) is 47.2. The Morgan fingerprint density at radius 2 is 2.17 bits per heavy atom. The van der Waals surface area contributed by atoms with Crippen molar-refractivity contribution < 1.29 is 0 Å². The Bertz CT molecular complexity index is 207. The third-order valence-electron chi connectivity index (χ3n) is 3.10. The quantitative estimate of drug-likeness (QED) is 0.530. The lowest BCUT2D eigenvalue weighted by atomic mass is 10.1. The minimum atomic E-state index is -0.406. The Morgan fingerprint density at radius 3 is 2.50 bits per heavy atom. The maximum atomic E-state index is 6.15. The van der Waals surface area contributed by atoms with Crippen LogP contribution in [-0.2, 0) is 0 Å². The molecule has 0 aromatic carbocycles. The fourth-order valence-electron chi connectivity index (χ4n) is 2.46. The number of nitrogens with zero attached hydrogens (tertiary/aromatic N) is 1. The SMILES string of the molecule is CC(I)[C@@H]1C2C(CN1C)C2(Cl)Cl. The van der Waals surface area contributed by atoms with Crippen LogP contribution in [0.15, 0.2) is 0 Å². The first kappa shape index (κ1) is 9.81. The highest BCUT2D eigenvalue weighted by molar-refractivity contribution is 14.1. The lowest BCUT2D eigenvalue weighted by molar-refractivity contribution is 0.269. The van der Waals surface area contributed by atoms with Crippen LogP contribution >= 0.6 is 45.8 Å². The molecule has 1 saturated heterocycles. The first-order valence-corrected chi connectivity index (χ1v) is 6.18. The predicted octanol–water partition coefficient (Wildman–Crippen LogP) is 2.54. The largest absolute Gasteiger partial charge is 0.302 e. The van der Waals surface area contributed by atoms with Gasteiger partial charge in [-0.25, -0.2) is 0 Å². The van der Waals surface area contributed by atoms with Crippen molar-refractivity contribution in [2.75, 3.05) is 13.6 Å². The molecule has 2 rings (SSSR count). The minimum absolute atomic E-state index is 0.406. The van der Waals surface area contributed by atoms with Crippen LogP contribution in [0.2, 0.25) is 0 Å². The molecule has 1 saturated carbocycles. The smallest absolute Gasteiger partial charge is 0.127 e. The van der Waals surface area contributed by atoms with E-state index in [0.29, 0.717) is 21.8 Å². The second-order valence-corrected chi connectivity index (χ2v) is 7.32. The van der Waals surface area contributed by atoms with Crippen LogP contribution < -0.4 is 0 Å². The number of rotatable bonds is 1. The summed E-state index contributed by atoms with van der Waals surface area (Å²) in [7, 11) is 2.16. The number of alkyl halides is 3. The molecule has 3 unspecified atom stereocenters. The molecule has 0 aromatic rings. The average molecular weight is 320 g/mol. The van der Waals surface area contributed by atoms with Crippen molar-refractivity contribution >= 4 is 45.8 Å². The van der Waals surface area contributed by atoms with E-state index in [4.69, 9.17) is 23.2 Å². The second-order valence-electron chi connectivity index (χ2n) is 3.91. The Morgan fingerprint density at radius 1 is 1.58 bits per heavy atom. The van der Waals surface area contributed by atoms with Gasteiger partial charge in [0, 0.05) is 28.3 Å². The maximum absolute atomic E-state index is 6.15. The lowest BCUT2D eigenvalue weighted by Crippen LogP contribution is -2.38. The van der Waals surface area contributed by atoms with Crippen molar-refractivity contribution in [1.29, 1.82) is 0 Å². The van der Waals surface area contributed by atoms with E-state index in [-0.39, 0.29) is 0 Å². The molecule has 0 bridgehead atoms.